The standard InChI is InChI=1S/C10H7NO4S/c11-16(14,15)9-3-1-2-6-7(12)4-5-8(13)10(6)9/h1-5H,(H2,11,14,15). The predicted octanol–water partition coefficient (Wildman–Crippen LogP) is 0.269. The number of nitrogens with two attached hydrogens (primary N) is 1. The summed E-state index contributed by atoms with van der Waals surface area (Å²) in [6, 6.07) is 3.98. The highest BCUT2D eigenvalue weighted by Crippen LogP contribution is 2.23. The lowest BCUT2D eigenvalue weighted by atomic mass is 9.95. The van der Waals surface area contributed by atoms with Gasteiger partial charge < -0.3 is 0 Å². The van der Waals surface area contributed by atoms with Gasteiger partial charge in [-0.1, -0.05) is 12.1 Å². The molecule has 0 saturated carbocycles. The van der Waals surface area contributed by atoms with Crippen LogP contribution in [0.4, 0.5) is 0 Å². The first kappa shape index (κ1) is 10.7. The van der Waals surface area contributed by atoms with E-state index in [2.05, 4.69) is 0 Å². The van der Waals surface area contributed by atoms with Gasteiger partial charge in [-0.3, -0.25) is 9.59 Å². The van der Waals surface area contributed by atoms with E-state index in [0.717, 1.165) is 12.2 Å². The second-order valence-corrected chi connectivity index (χ2v) is 4.82. The molecule has 0 heterocycles. The van der Waals surface area contributed by atoms with Crippen LogP contribution < -0.4 is 5.14 Å². The van der Waals surface area contributed by atoms with Gasteiger partial charge in [0, 0.05) is 5.56 Å². The van der Waals surface area contributed by atoms with Crippen molar-refractivity contribution in [2.75, 3.05) is 0 Å². The molecule has 0 aromatic heterocycles. The maximum absolute atomic E-state index is 11.5. The van der Waals surface area contributed by atoms with E-state index in [1.54, 1.807) is 0 Å². The highest BCUT2D eigenvalue weighted by atomic mass is 32.2. The Labute approximate surface area is 91.6 Å². The summed E-state index contributed by atoms with van der Waals surface area (Å²) in [4.78, 5) is 22.7. The predicted molar refractivity (Wildman–Crippen MR) is 55.6 cm³/mol. The minimum absolute atomic E-state index is 0.0685. The van der Waals surface area contributed by atoms with Crippen LogP contribution in [-0.2, 0) is 10.0 Å². The summed E-state index contributed by atoms with van der Waals surface area (Å²) in [6.45, 7) is 0. The molecule has 0 radical (unpaired) electrons. The first-order valence-corrected chi connectivity index (χ1v) is 5.88. The molecule has 1 aliphatic carbocycles. The molecule has 0 aliphatic heterocycles. The summed E-state index contributed by atoms with van der Waals surface area (Å²) in [6.07, 6.45) is 2.15. The van der Waals surface area contributed by atoms with Gasteiger partial charge in [-0.05, 0) is 18.2 Å². The largest absolute Gasteiger partial charge is 0.289 e. The van der Waals surface area contributed by atoms with Gasteiger partial charge in [0.1, 0.15) is 0 Å². The van der Waals surface area contributed by atoms with Crippen LogP contribution >= 0.6 is 0 Å². The summed E-state index contributed by atoms with van der Waals surface area (Å²) in [5, 5.41) is 4.97. The van der Waals surface area contributed by atoms with Crippen LogP contribution in [0.5, 0.6) is 0 Å². The molecule has 16 heavy (non-hydrogen) atoms. The molecule has 0 unspecified atom stereocenters. The van der Waals surface area contributed by atoms with Gasteiger partial charge in [-0.25, -0.2) is 13.6 Å². The van der Waals surface area contributed by atoms with Crippen molar-refractivity contribution in [3.8, 4) is 0 Å². The van der Waals surface area contributed by atoms with E-state index in [9.17, 15) is 18.0 Å². The fourth-order valence-electron chi connectivity index (χ4n) is 1.55. The van der Waals surface area contributed by atoms with Gasteiger partial charge in [0.2, 0.25) is 10.0 Å². The van der Waals surface area contributed by atoms with Crippen molar-refractivity contribution in [3.63, 3.8) is 0 Å². The molecule has 1 aromatic carbocycles. The zero-order valence-corrected chi connectivity index (χ0v) is 8.82. The summed E-state index contributed by atoms with van der Waals surface area (Å²) in [5.74, 6) is -0.931. The van der Waals surface area contributed by atoms with Gasteiger partial charge in [0.15, 0.2) is 11.6 Å². The third-order valence-corrected chi connectivity index (χ3v) is 3.18. The van der Waals surface area contributed by atoms with Gasteiger partial charge in [-0.15, -0.1) is 0 Å². The molecular weight excluding hydrogens is 230 g/mol. The van der Waals surface area contributed by atoms with Crippen molar-refractivity contribution in [2.45, 2.75) is 4.90 Å². The molecular formula is C10H7NO4S. The molecule has 0 spiro atoms. The Morgan fingerprint density at radius 2 is 1.62 bits per heavy atom. The van der Waals surface area contributed by atoms with Gasteiger partial charge in [0.25, 0.3) is 0 Å². The van der Waals surface area contributed by atoms with Crippen molar-refractivity contribution in [1.82, 2.24) is 0 Å². The molecule has 2 N–H and O–H groups in total. The Kier molecular flexibility index (Phi) is 2.25. The number of carbonyl (C=O) groups is 2. The first-order valence-electron chi connectivity index (χ1n) is 4.34. The molecule has 1 aromatic rings. The number of rotatable bonds is 1. The zero-order valence-electron chi connectivity index (χ0n) is 8.01. The first-order chi connectivity index (χ1) is 7.41. The molecule has 0 amide bonds. The molecule has 0 fully saturated rings. The molecule has 0 atom stereocenters. The molecule has 1 aliphatic rings. The van der Waals surface area contributed by atoms with E-state index in [-0.39, 0.29) is 16.0 Å². The second kappa shape index (κ2) is 3.36. The van der Waals surface area contributed by atoms with E-state index < -0.39 is 21.6 Å². The van der Waals surface area contributed by atoms with E-state index in [4.69, 9.17) is 5.14 Å². The Balaban J connectivity index is 2.85. The molecule has 6 heteroatoms. The fourth-order valence-corrected chi connectivity index (χ4v) is 2.32. The molecule has 0 bridgehead atoms. The number of ketones is 2. The maximum Gasteiger partial charge on any atom is 0.238 e. The lowest BCUT2D eigenvalue weighted by Crippen LogP contribution is -2.20. The summed E-state index contributed by atoms with van der Waals surface area (Å²) in [7, 11) is -4.01. The van der Waals surface area contributed by atoms with Crippen LogP contribution in [0.15, 0.2) is 35.2 Å². The van der Waals surface area contributed by atoms with Crippen molar-refractivity contribution in [1.29, 1.82) is 0 Å². The Bertz CT molecular complexity index is 628. The number of benzene rings is 1. The van der Waals surface area contributed by atoms with Crippen LogP contribution in [0.2, 0.25) is 0 Å². The normalized spacial score (nSPS) is 15.1. The third kappa shape index (κ3) is 1.58. The number of hydrogen-bond donors (Lipinski definition) is 1. The van der Waals surface area contributed by atoms with Crippen molar-refractivity contribution in [3.05, 3.63) is 41.5 Å². The van der Waals surface area contributed by atoms with Crippen molar-refractivity contribution >= 4 is 21.6 Å². The van der Waals surface area contributed by atoms with Crippen LogP contribution in [0.1, 0.15) is 20.7 Å². The zero-order chi connectivity index (χ0) is 11.9. The lowest BCUT2D eigenvalue weighted by Gasteiger charge is -2.11. The van der Waals surface area contributed by atoms with E-state index in [1.807, 2.05) is 0 Å². The molecule has 82 valence electrons. The SMILES string of the molecule is NS(=O)(=O)c1cccc2c1C(=O)C=CC2=O. The smallest absolute Gasteiger partial charge is 0.238 e. The number of allylic oxidation sites excluding steroid dienone is 2. The Morgan fingerprint density at radius 3 is 2.25 bits per heavy atom. The van der Waals surface area contributed by atoms with E-state index in [1.165, 1.54) is 18.2 Å². The number of primary sulfonamides is 1. The summed E-state index contributed by atoms with van der Waals surface area (Å²) >= 11 is 0. The van der Waals surface area contributed by atoms with Crippen LogP contribution in [0, 0.1) is 0 Å². The number of carbonyl (C=O) groups excluding carboxylic acids is 2. The molecule has 5 nitrogen and oxygen atoms in total. The van der Waals surface area contributed by atoms with E-state index in [0.29, 0.717) is 0 Å². The van der Waals surface area contributed by atoms with Crippen molar-refractivity contribution in [2.24, 2.45) is 5.14 Å². The van der Waals surface area contributed by atoms with Crippen LogP contribution in [0.25, 0.3) is 0 Å². The maximum atomic E-state index is 11.5. The van der Waals surface area contributed by atoms with Gasteiger partial charge in [0.05, 0.1) is 10.5 Å². The Hall–Kier alpha value is -1.79. The highest BCUT2D eigenvalue weighted by molar-refractivity contribution is 7.89. The third-order valence-electron chi connectivity index (χ3n) is 2.23. The summed E-state index contributed by atoms with van der Waals surface area (Å²) < 4.78 is 22.5. The van der Waals surface area contributed by atoms with Gasteiger partial charge >= 0.3 is 0 Å². The molecule has 0 saturated heterocycles. The Morgan fingerprint density at radius 1 is 1.00 bits per heavy atom. The second-order valence-electron chi connectivity index (χ2n) is 3.29. The lowest BCUT2D eigenvalue weighted by molar-refractivity contribution is 0.0991. The minimum atomic E-state index is -4.01. The van der Waals surface area contributed by atoms with Crippen LogP contribution in [-0.4, -0.2) is 20.0 Å². The number of sulfonamides is 1. The summed E-state index contributed by atoms with van der Waals surface area (Å²) in [5.41, 5.74) is -0.0727. The van der Waals surface area contributed by atoms with E-state index >= 15 is 0 Å². The highest BCUT2D eigenvalue weighted by Gasteiger charge is 2.26. The molecule has 2 rings (SSSR count). The monoisotopic (exact) mass is 237 g/mol. The minimum Gasteiger partial charge on any atom is -0.289 e. The van der Waals surface area contributed by atoms with Crippen LogP contribution in [0.3, 0.4) is 0 Å². The van der Waals surface area contributed by atoms with Gasteiger partial charge in [-0.2, -0.15) is 0 Å². The topological polar surface area (TPSA) is 94.3 Å². The quantitative estimate of drug-likeness (QED) is 0.758. The average molecular weight is 237 g/mol. The van der Waals surface area contributed by atoms with Crippen molar-refractivity contribution < 1.29 is 18.0 Å². The fraction of sp³-hybridized carbons (Fsp3) is 0. The number of hydrogen-bond acceptors (Lipinski definition) is 4. The number of fused-ring (bicyclic) bond motifs is 1. The average Bonchev–Trinajstić information content (AvgIpc) is 2.22.